The van der Waals surface area contributed by atoms with Gasteiger partial charge in [-0.1, -0.05) is 41.4 Å². The lowest BCUT2D eigenvalue weighted by Crippen LogP contribution is -2.37. The molecule has 26 heavy (non-hydrogen) atoms. The van der Waals surface area contributed by atoms with Crippen molar-refractivity contribution in [3.05, 3.63) is 52.8 Å². The molecule has 1 N–H and O–H groups in total. The Balaban J connectivity index is 1.95. The quantitative estimate of drug-likeness (QED) is 0.732. The number of aliphatic carboxylic acids is 1. The summed E-state index contributed by atoms with van der Waals surface area (Å²) in [5.74, 6) is -0.539. The molecule has 1 aliphatic rings. The number of nitrogens with zero attached hydrogens (tertiary/aromatic N) is 3. The van der Waals surface area contributed by atoms with Crippen molar-refractivity contribution in [3.8, 4) is 11.1 Å². The van der Waals surface area contributed by atoms with Gasteiger partial charge in [0.1, 0.15) is 12.1 Å². The predicted octanol–water partition coefficient (Wildman–Crippen LogP) is 3.85. The van der Waals surface area contributed by atoms with Crippen LogP contribution in [0.3, 0.4) is 0 Å². The molecule has 1 atom stereocenters. The van der Waals surface area contributed by atoms with Crippen molar-refractivity contribution >= 4 is 45.9 Å². The summed E-state index contributed by atoms with van der Waals surface area (Å²) in [7, 11) is 0. The summed E-state index contributed by atoms with van der Waals surface area (Å²) in [4.78, 5) is 21.8. The third-order valence-corrected chi connectivity index (χ3v) is 4.99. The van der Waals surface area contributed by atoms with Crippen molar-refractivity contribution in [2.45, 2.75) is 6.23 Å². The Kier molecular flexibility index (Phi) is 4.40. The first-order valence-corrected chi connectivity index (χ1v) is 8.62. The van der Waals surface area contributed by atoms with Crippen molar-refractivity contribution < 1.29 is 14.6 Å². The van der Waals surface area contributed by atoms with Crippen LogP contribution in [0.5, 0.6) is 0 Å². The SMILES string of the molecule is O=C(O)C1OCCN1c1ncnc2cccc(-c3ccc(Cl)c(Cl)c3)c12. The van der Waals surface area contributed by atoms with E-state index in [9.17, 15) is 9.90 Å². The highest BCUT2D eigenvalue weighted by Gasteiger charge is 2.34. The smallest absolute Gasteiger partial charge is 0.354 e. The summed E-state index contributed by atoms with van der Waals surface area (Å²) >= 11 is 12.2. The Morgan fingerprint density at radius 3 is 2.81 bits per heavy atom. The van der Waals surface area contributed by atoms with Crippen molar-refractivity contribution in [2.75, 3.05) is 18.1 Å². The van der Waals surface area contributed by atoms with Crippen LogP contribution in [-0.4, -0.2) is 40.4 Å². The van der Waals surface area contributed by atoms with E-state index in [4.69, 9.17) is 27.9 Å². The number of carboxylic acid groups (broad SMARTS) is 1. The molecule has 8 heteroatoms. The van der Waals surface area contributed by atoms with Gasteiger partial charge in [-0.05, 0) is 29.3 Å². The van der Waals surface area contributed by atoms with Gasteiger partial charge in [0.05, 0.1) is 27.6 Å². The van der Waals surface area contributed by atoms with E-state index in [1.807, 2.05) is 24.3 Å². The third-order valence-electron chi connectivity index (χ3n) is 4.25. The molecule has 0 saturated carbocycles. The van der Waals surface area contributed by atoms with Gasteiger partial charge in [0.15, 0.2) is 0 Å². The lowest BCUT2D eigenvalue weighted by molar-refractivity contribution is -0.147. The van der Waals surface area contributed by atoms with E-state index in [1.165, 1.54) is 6.33 Å². The summed E-state index contributed by atoms with van der Waals surface area (Å²) in [5, 5.41) is 11.1. The second-order valence-electron chi connectivity index (χ2n) is 5.78. The number of carbonyl (C=O) groups is 1. The molecule has 1 unspecified atom stereocenters. The number of rotatable bonds is 3. The standard InChI is InChI=1S/C18H13Cl2N3O3/c19-12-5-4-10(8-13(12)20)11-2-1-3-14-15(11)16(22-9-21-14)23-6-7-26-17(23)18(24)25/h1-5,8-9,17H,6-7H2,(H,24,25). The second kappa shape index (κ2) is 6.72. The zero-order chi connectivity index (χ0) is 18.3. The number of halogens is 2. The molecule has 4 rings (SSSR count). The Bertz CT molecular complexity index is 1010. The van der Waals surface area contributed by atoms with Crippen LogP contribution in [0.25, 0.3) is 22.0 Å². The minimum absolute atomic E-state index is 0.317. The molecule has 3 aromatic rings. The maximum atomic E-state index is 11.5. The number of carboxylic acids is 1. The fraction of sp³-hybridized carbons (Fsp3) is 0.167. The van der Waals surface area contributed by atoms with E-state index in [2.05, 4.69) is 9.97 Å². The zero-order valence-electron chi connectivity index (χ0n) is 13.4. The van der Waals surface area contributed by atoms with E-state index in [0.29, 0.717) is 34.5 Å². The van der Waals surface area contributed by atoms with Crippen molar-refractivity contribution in [1.29, 1.82) is 0 Å². The molecular formula is C18H13Cl2N3O3. The molecule has 1 aromatic heterocycles. The molecule has 132 valence electrons. The molecule has 6 nitrogen and oxygen atoms in total. The van der Waals surface area contributed by atoms with Gasteiger partial charge in [-0.15, -0.1) is 0 Å². The fourth-order valence-electron chi connectivity index (χ4n) is 3.11. The number of anilines is 1. The van der Waals surface area contributed by atoms with Crippen molar-refractivity contribution in [2.24, 2.45) is 0 Å². The lowest BCUT2D eigenvalue weighted by Gasteiger charge is -2.23. The van der Waals surface area contributed by atoms with Crippen LogP contribution in [0.2, 0.25) is 10.0 Å². The second-order valence-corrected chi connectivity index (χ2v) is 6.60. The van der Waals surface area contributed by atoms with Crippen LogP contribution in [-0.2, 0) is 9.53 Å². The van der Waals surface area contributed by atoms with Gasteiger partial charge in [-0.25, -0.2) is 14.8 Å². The van der Waals surface area contributed by atoms with Gasteiger partial charge in [0, 0.05) is 6.54 Å². The predicted molar refractivity (Wildman–Crippen MR) is 99.7 cm³/mol. The number of hydrogen-bond donors (Lipinski definition) is 1. The Morgan fingerprint density at radius 2 is 2.04 bits per heavy atom. The van der Waals surface area contributed by atoms with Crippen LogP contribution >= 0.6 is 23.2 Å². The first kappa shape index (κ1) is 17.0. The van der Waals surface area contributed by atoms with E-state index in [0.717, 1.165) is 16.5 Å². The summed E-state index contributed by atoms with van der Waals surface area (Å²) in [6.07, 6.45) is 0.350. The monoisotopic (exact) mass is 389 g/mol. The highest BCUT2D eigenvalue weighted by Crippen LogP contribution is 2.37. The van der Waals surface area contributed by atoms with E-state index < -0.39 is 12.2 Å². The van der Waals surface area contributed by atoms with Crippen LogP contribution in [0.15, 0.2) is 42.7 Å². The third kappa shape index (κ3) is 2.86. The maximum Gasteiger partial charge on any atom is 0.354 e. The van der Waals surface area contributed by atoms with Gasteiger partial charge >= 0.3 is 5.97 Å². The van der Waals surface area contributed by atoms with Crippen molar-refractivity contribution in [3.63, 3.8) is 0 Å². The highest BCUT2D eigenvalue weighted by atomic mass is 35.5. The molecule has 2 aromatic carbocycles. The van der Waals surface area contributed by atoms with Crippen LogP contribution in [0.4, 0.5) is 5.82 Å². The molecule has 1 saturated heterocycles. The molecule has 0 aliphatic carbocycles. The van der Waals surface area contributed by atoms with E-state index >= 15 is 0 Å². The highest BCUT2D eigenvalue weighted by molar-refractivity contribution is 6.42. The Hall–Kier alpha value is -2.41. The lowest BCUT2D eigenvalue weighted by atomic mass is 10.0. The number of fused-ring (bicyclic) bond motifs is 1. The molecule has 1 aliphatic heterocycles. The maximum absolute atomic E-state index is 11.5. The number of ether oxygens (including phenoxy) is 1. The van der Waals surface area contributed by atoms with Crippen LogP contribution in [0.1, 0.15) is 0 Å². The number of aromatic nitrogens is 2. The molecule has 0 radical (unpaired) electrons. The minimum Gasteiger partial charge on any atom is -0.478 e. The molecule has 2 heterocycles. The Morgan fingerprint density at radius 1 is 1.19 bits per heavy atom. The van der Waals surface area contributed by atoms with Gasteiger partial charge in [-0.2, -0.15) is 0 Å². The zero-order valence-corrected chi connectivity index (χ0v) is 14.9. The van der Waals surface area contributed by atoms with Gasteiger partial charge in [0.25, 0.3) is 0 Å². The van der Waals surface area contributed by atoms with Gasteiger partial charge in [0.2, 0.25) is 6.23 Å². The first-order chi connectivity index (χ1) is 12.6. The molecule has 0 spiro atoms. The molecule has 1 fully saturated rings. The van der Waals surface area contributed by atoms with Gasteiger partial charge in [-0.3, -0.25) is 0 Å². The topological polar surface area (TPSA) is 75.6 Å². The Labute approximate surface area is 158 Å². The van der Waals surface area contributed by atoms with E-state index in [1.54, 1.807) is 17.0 Å². The minimum atomic E-state index is -1.07. The summed E-state index contributed by atoms with van der Waals surface area (Å²) in [6.45, 7) is 0.746. The molecule has 0 amide bonds. The largest absolute Gasteiger partial charge is 0.478 e. The number of hydrogen-bond acceptors (Lipinski definition) is 5. The summed E-state index contributed by atoms with van der Waals surface area (Å²) in [6, 6.07) is 11.0. The first-order valence-electron chi connectivity index (χ1n) is 7.86. The summed E-state index contributed by atoms with van der Waals surface area (Å²) < 4.78 is 5.34. The van der Waals surface area contributed by atoms with Crippen LogP contribution in [0, 0.1) is 0 Å². The average Bonchev–Trinajstić information content (AvgIpc) is 3.13. The molecular weight excluding hydrogens is 377 g/mol. The fourth-order valence-corrected chi connectivity index (χ4v) is 3.40. The van der Waals surface area contributed by atoms with Crippen molar-refractivity contribution in [1.82, 2.24) is 9.97 Å². The molecule has 0 bridgehead atoms. The van der Waals surface area contributed by atoms with Crippen LogP contribution < -0.4 is 4.90 Å². The average molecular weight is 390 g/mol. The number of benzene rings is 2. The van der Waals surface area contributed by atoms with E-state index in [-0.39, 0.29) is 0 Å². The normalized spacial score (nSPS) is 17.0. The summed E-state index contributed by atoms with van der Waals surface area (Å²) in [5.41, 5.74) is 2.38. The van der Waals surface area contributed by atoms with Gasteiger partial charge < -0.3 is 14.7 Å².